The van der Waals surface area contributed by atoms with Crippen LogP contribution in [0.25, 0.3) is 0 Å². The Balaban J connectivity index is 1.83. The number of fused-ring (bicyclic) bond motifs is 1. The highest BCUT2D eigenvalue weighted by atomic mass is 16.5. The van der Waals surface area contributed by atoms with Crippen LogP contribution >= 0.6 is 0 Å². The monoisotopic (exact) mass is 284 g/mol. The maximum absolute atomic E-state index is 12.4. The molecule has 0 fully saturated rings. The summed E-state index contributed by atoms with van der Waals surface area (Å²) in [6, 6.07) is 7.20. The first-order chi connectivity index (χ1) is 10.1. The van der Waals surface area contributed by atoms with Gasteiger partial charge in [-0.15, -0.1) is 0 Å². The number of cyclic esters (lactones) is 1. The Bertz CT molecular complexity index is 718. The molecule has 3 rings (SSSR count). The Hall–Kier alpha value is -2.43. The van der Waals surface area contributed by atoms with Gasteiger partial charge in [0.25, 0.3) is 0 Å². The third kappa shape index (κ3) is 2.35. The number of aryl methyl sites for hydroxylation is 2. The summed E-state index contributed by atoms with van der Waals surface area (Å²) in [6.07, 6.45) is 1.41. The molecule has 108 valence electrons. The Morgan fingerprint density at radius 3 is 2.86 bits per heavy atom. The highest BCUT2D eigenvalue weighted by molar-refractivity contribution is 5.99. The third-order valence-corrected chi connectivity index (χ3v) is 3.72. The summed E-state index contributed by atoms with van der Waals surface area (Å²) in [5.41, 5.74) is 2.64. The molecule has 1 atom stereocenters. The van der Waals surface area contributed by atoms with Gasteiger partial charge in [-0.3, -0.25) is 9.48 Å². The summed E-state index contributed by atoms with van der Waals surface area (Å²) >= 11 is 0. The fourth-order valence-electron chi connectivity index (χ4n) is 2.60. The molecule has 1 aliphatic rings. The number of esters is 1. The number of benzene rings is 1. The molecule has 1 aliphatic heterocycles. The van der Waals surface area contributed by atoms with Crippen molar-refractivity contribution < 1.29 is 14.3 Å². The van der Waals surface area contributed by atoms with Crippen molar-refractivity contribution >= 4 is 11.8 Å². The lowest BCUT2D eigenvalue weighted by Gasteiger charge is -2.09. The van der Waals surface area contributed by atoms with Gasteiger partial charge in [-0.2, -0.15) is 5.10 Å². The van der Waals surface area contributed by atoms with Gasteiger partial charge >= 0.3 is 5.97 Å². The number of rotatable bonds is 4. The van der Waals surface area contributed by atoms with Gasteiger partial charge < -0.3 is 4.74 Å². The fraction of sp³-hybridized carbons (Fsp3) is 0.312. The van der Waals surface area contributed by atoms with Crippen LogP contribution < -0.4 is 0 Å². The van der Waals surface area contributed by atoms with Gasteiger partial charge in [0.2, 0.25) is 0 Å². The minimum absolute atomic E-state index is 0.0540. The van der Waals surface area contributed by atoms with E-state index in [9.17, 15) is 9.59 Å². The predicted molar refractivity (Wildman–Crippen MR) is 76.2 cm³/mol. The van der Waals surface area contributed by atoms with Crippen molar-refractivity contribution in [3.8, 4) is 0 Å². The number of Topliss-reactive ketones (excluding diaryl/α,β-unsaturated/α-hetero) is 1. The molecule has 0 radical (unpaired) electrons. The van der Waals surface area contributed by atoms with Gasteiger partial charge in [-0.25, -0.2) is 4.79 Å². The van der Waals surface area contributed by atoms with Crippen molar-refractivity contribution in [1.82, 2.24) is 9.78 Å². The first-order valence-corrected chi connectivity index (χ1v) is 6.97. The second-order valence-electron chi connectivity index (χ2n) is 5.09. The Labute approximate surface area is 122 Å². The average molecular weight is 284 g/mol. The molecule has 0 N–H and O–H groups in total. The molecule has 0 aliphatic carbocycles. The zero-order valence-electron chi connectivity index (χ0n) is 12.0. The van der Waals surface area contributed by atoms with Crippen LogP contribution in [-0.2, 0) is 11.3 Å². The number of ether oxygens (including phenoxy) is 1. The van der Waals surface area contributed by atoms with Gasteiger partial charge in [0.15, 0.2) is 5.78 Å². The summed E-state index contributed by atoms with van der Waals surface area (Å²) in [4.78, 5) is 24.2. The second kappa shape index (κ2) is 5.16. The van der Waals surface area contributed by atoms with Gasteiger partial charge in [0.1, 0.15) is 6.10 Å². The Morgan fingerprint density at radius 1 is 1.38 bits per heavy atom. The number of hydrogen-bond acceptors (Lipinski definition) is 4. The summed E-state index contributed by atoms with van der Waals surface area (Å²) in [6.45, 7) is 4.50. The molecule has 0 saturated heterocycles. The molecule has 5 nitrogen and oxygen atoms in total. The normalized spacial score (nSPS) is 16.7. The molecule has 1 aromatic heterocycles. The van der Waals surface area contributed by atoms with E-state index in [1.165, 1.54) is 0 Å². The molecule has 1 aromatic carbocycles. The minimum Gasteiger partial charge on any atom is -0.453 e. The van der Waals surface area contributed by atoms with Crippen molar-refractivity contribution in [2.24, 2.45) is 0 Å². The Morgan fingerprint density at radius 2 is 2.14 bits per heavy atom. The topological polar surface area (TPSA) is 61.2 Å². The molecule has 2 heterocycles. The van der Waals surface area contributed by atoms with Crippen LogP contribution in [-0.4, -0.2) is 21.5 Å². The zero-order valence-corrected chi connectivity index (χ0v) is 12.0. The molecule has 0 bridgehead atoms. The van der Waals surface area contributed by atoms with Crippen LogP contribution in [0.15, 0.2) is 30.5 Å². The van der Waals surface area contributed by atoms with Crippen LogP contribution in [0.5, 0.6) is 0 Å². The summed E-state index contributed by atoms with van der Waals surface area (Å²) < 4.78 is 7.04. The van der Waals surface area contributed by atoms with Crippen molar-refractivity contribution in [2.75, 3.05) is 0 Å². The molecule has 21 heavy (non-hydrogen) atoms. The standard InChI is InChI=1S/C16H16N2O3/c1-3-18-9-13(10(2)17-18)14(19)8-15-11-6-4-5-7-12(11)16(20)21-15/h4-7,9,15H,3,8H2,1-2H3/t15-/m0/s1. The van der Waals surface area contributed by atoms with E-state index < -0.39 is 6.10 Å². The molecule has 2 aromatic rings. The lowest BCUT2D eigenvalue weighted by molar-refractivity contribution is 0.0367. The zero-order chi connectivity index (χ0) is 15.0. The fourth-order valence-corrected chi connectivity index (χ4v) is 2.60. The van der Waals surface area contributed by atoms with Gasteiger partial charge in [0.05, 0.1) is 23.2 Å². The number of aromatic nitrogens is 2. The summed E-state index contributed by atoms with van der Waals surface area (Å²) in [5, 5.41) is 4.27. The smallest absolute Gasteiger partial charge is 0.339 e. The van der Waals surface area contributed by atoms with E-state index in [1.54, 1.807) is 23.0 Å². The number of hydrogen-bond donors (Lipinski definition) is 0. The van der Waals surface area contributed by atoms with E-state index in [4.69, 9.17) is 4.74 Å². The maximum Gasteiger partial charge on any atom is 0.339 e. The largest absolute Gasteiger partial charge is 0.453 e. The molecule has 0 spiro atoms. The van der Waals surface area contributed by atoms with E-state index in [1.807, 2.05) is 26.0 Å². The van der Waals surface area contributed by atoms with Crippen LogP contribution in [0.3, 0.4) is 0 Å². The lowest BCUT2D eigenvalue weighted by Crippen LogP contribution is -2.08. The van der Waals surface area contributed by atoms with Gasteiger partial charge in [-0.05, 0) is 19.9 Å². The number of carbonyl (C=O) groups is 2. The van der Waals surface area contributed by atoms with Crippen LogP contribution in [0.4, 0.5) is 0 Å². The van der Waals surface area contributed by atoms with Crippen molar-refractivity contribution in [2.45, 2.75) is 32.9 Å². The molecule has 5 heteroatoms. The van der Waals surface area contributed by atoms with E-state index in [0.29, 0.717) is 16.8 Å². The highest BCUT2D eigenvalue weighted by Gasteiger charge is 2.32. The maximum atomic E-state index is 12.4. The first-order valence-electron chi connectivity index (χ1n) is 6.97. The second-order valence-corrected chi connectivity index (χ2v) is 5.09. The predicted octanol–water partition coefficient (Wildman–Crippen LogP) is 2.70. The van der Waals surface area contributed by atoms with Gasteiger partial charge in [0, 0.05) is 18.3 Å². The first kappa shape index (κ1) is 13.5. The number of nitrogens with zero attached hydrogens (tertiary/aromatic N) is 2. The SMILES string of the molecule is CCn1cc(C(=O)C[C@@H]2OC(=O)c3ccccc32)c(C)n1. The van der Waals surface area contributed by atoms with Crippen LogP contribution in [0, 0.1) is 6.92 Å². The summed E-state index contributed by atoms with van der Waals surface area (Å²) in [5.74, 6) is -0.411. The molecule has 0 unspecified atom stereocenters. The lowest BCUT2D eigenvalue weighted by atomic mass is 9.99. The van der Waals surface area contributed by atoms with E-state index in [0.717, 1.165) is 12.1 Å². The van der Waals surface area contributed by atoms with E-state index >= 15 is 0 Å². The number of ketones is 1. The molecular formula is C16H16N2O3. The van der Waals surface area contributed by atoms with Crippen LogP contribution in [0.2, 0.25) is 0 Å². The number of carbonyl (C=O) groups excluding carboxylic acids is 2. The highest BCUT2D eigenvalue weighted by Crippen LogP contribution is 2.33. The van der Waals surface area contributed by atoms with E-state index in [-0.39, 0.29) is 18.2 Å². The molecule has 0 saturated carbocycles. The molecular weight excluding hydrogens is 268 g/mol. The van der Waals surface area contributed by atoms with Gasteiger partial charge in [-0.1, -0.05) is 18.2 Å². The van der Waals surface area contributed by atoms with Crippen molar-refractivity contribution in [3.05, 3.63) is 52.8 Å². The average Bonchev–Trinajstić information content (AvgIpc) is 3.01. The Kier molecular flexibility index (Phi) is 3.33. The third-order valence-electron chi connectivity index (χ3n) is 3.72. The van der Waals surface area contributed by atoms with E-state index in [2.05, 4.69) is 5.10 Å². The van der Waals surface area contributed by atoms with Crippen LogP contribution in [0.1, 0.15) is 51.4 Å². The quantitative estimate of drug-likeness (QED) is 0.639. The van der Waals surface area contributed by atoms with Crippen molar-refractivity contribution in [3.63, 3.8) is 0 Å². The summed E-state index contributed by atoms with van der Waals surface area (Å²) in [7, 11) is 0. The molecule has 0 amide bonds. The van der Waals surface area contributed by atoms with Crippen molar-refractivity contribution in [1.29, 1.82) is 0 Å². The minimum atomic E-state index is -0.495.